The largest absolute Gasteiger partial charge is 0.376 e. The fraction of sp³-hybridized carbons (Fsp3) is 0.818. The van der Waals surface area contributed by atoms with Crippen LogP contribution in [0.25, 0.3) is 0 Å². The van der Waals surface area contributed by atoms with E-state index in [9.17, 15) is 0 Å². The molecule has 0 aromatic heterocycles. The van der Waals surface area contributed by atoms with Crippen molar-refractivity contribution in [3.63, 3.8) is 0 Å². The summed E-state index contributed by atoms with van der Waals surface area (Å²) in [5.74, 6) is 0. The summed E-state index contributed by atoms with van der Waals surface area (Å²) < 4.78 is 8.23. The van der Waals surface area contributed by atoms with Gasteiger partial charge >= 0.3 is 0 Å². The molecule has 0 fully saturated rings. The second-order valence-electron chi connectivity index (χ2n) is 5.86. The predicted octanol–water partition coefficient (Wildman–Crippen LogP) is 3.16. The van der Waals surface area contributed by atoms with Crippen LogP contribution in [-0.4, -0.2) is 40.5 Å². The van der Waals surface area contributed by atoms with Gasteiger partial charge in [0, 0.05) is 6.54 Å². The van der Waals surface area contributed by atoms with E-state index in [4.69, 9.17) is 4.74 Å². The van der Waals surface area contributed by atoms with Crippen LogP contribution < -0.4 is 0 Å². The molecule has 0 aromatic carbocycles. The number of rotatable bonds is 7. The van der Waals surface area contributed by atoms with Crippen LogP contribution in [0.15, 0.2) is 12.7 Å². The van der Waals surface area contributed by atoms with Gasteiger partial charge in [0.05, 0.1) is 13.2 Å². The Hall–Kier alpha value is 0.0938. The van der Waals surface area contributed by atoms with Crippen molar-refractivity contribution in [3.05, 3.63) is 12.7 Å². The van der Waals surface area contributed by atoms with Gasteiger partial charge in [-0.15, -0.1) is 6.58 Å². The number of ether oxygens (including phenoxy) is 1. The van der Waals surface area contributed by atoms with Crippen LogP contribution in [0.2, 0.25) is 39.3 Å². The fourth-order valence-electron chi connectivity index (χ4n) is 2.00. The average Bonchev–Trinajstić information content (AvgIpc) is 1.99. The normalized spacial score (nSPS) is 13.3. The van der Waals surface area contributed by atoms with E-state index in [0.717, 1.165) is 13.2 Å². The third-order valence-electron chi connectivity index (χ3n) is 2.31. The van der Waals surface area contributed by atoms with Crippen LogP contribution in [0.3, 0.4) is 0 Å². The first-order valence-corrected chi connectivity index (χ1v) is 12.6. The van der Waals surface area contributed by atoms with Crippen LogP contribution in [0.5, 0.6) is 0 Å². The van der Waals surface area contributed by atoms with Crippen LogP contribution in [-0.2, 0) is 4.74 Å². The molecule has 0 saturated heterocycles. The van der Waals surface area contributed by atoms with Crippen molar-refractivity contribution in [2.45, 2.75) is 39.3 Å². The zero-order valence-corrected chi connectivity index (χ0v) is 13.3. The van der Waals surface area contributed by atoms with Gasteiger partial charge in [0.15, 0.2) is 0 Å². The van der Waals surface area contributed by atoms with Gasteiger partial charge in [0.25, 0.3) is 0 Å². The first kappa shape index (κ1) is 15.1. The summed E-state index contributed by atoms with van der Waals surface area (Å²) in [6, 6.07) is 0. The topological polar surface area (TPSA) is 12.5 Å². The van der Waals surface area contributed by atoms with Gasteiger partial charge in [-0.1, -0.05) is 45.4 Å². The first-order valence-electron chi connectivity index (χ1n) is 5.66. The van der Waals surface area contributed by atoms with E-state index in [1.54, 1.807) is 0 Å². The van der Waals surface area contributed by atoms with Crippen molar-refractivity contribution in [1.82, 2.24) is 4.23 Å². The molecule has 0 atom stereocenters. The van der Waals surface area contributed by atoms with Gasteiger partial charge in [-0.3, -0.25) is 0 Å². The molecule has 0 unspecified atom stereocenters. The van der Waals surface area contributed by atoms with Crippen LogP contribution >= 0.6 is 0 Å². The third-order valence-corrected chi connectivity index (χ3v) is 10.0. The van der Waals surface area contributed by atoms with E-state index in [0.29, 0.717) is 6.61 Å². The standard InChI is InChI=1S/C11H27NOSi2/c1-8-10-13-11-9-12(14(2,3)4)15(5,6)7/h8H,1,9-11H2,2-7H3. The smallest absolute Gasteiger partial charge is 0.112 e. The molecule has 2 nitrogen and oxygen atoms in total. The quantitative estimate of drug-likeness (QED) is 0.388. The molecular weight excluding hydrogens is 218 g/mol. The summed E-state index contributed by atoms with van der Waals surface area (Å²) in [5.41, 5.74) is 0. The Morgan fingerprint density at radius 1 is 1.07 bits per heavy atom. The maximum absolute atomic E-state index is 5.49. The Bertz CT molecular complexity index is 180. The maximum Gasteiger partial charge on any atom is 0.112 e. The van der Waals surface area contributed by atoms with Crippen molar-refractivity contribution in [2.75, 3.05) is 19.8 Å². The van der Waals surface area contributed by atoms with E-state index < -0.39 is 16.5 Å². The predicted molar refractivity (Wildman–Crippen MR) is 74.4 cm³/mol. The lowest BCUT2D eigenvalue weighted by atomic mass is 10.7. The molecule has 0 amide bonds. The van der Waals surface area contributed by atoms with Crippen molar-refractivity contribution in [1.29, 1.82) is 0 Å². The van der Waals surface area contributed by atoms with Gasteiger partial charge < -0.3 is 8.97 Å². The molecule has 15 heavy (non-hydrogen) atoms. The van der Waals surface area contributed by atoms with E-state index in [2.05, 4.69) is 50.1 Å². The maximum atomic E-state index is 5.49. The van der Waals surface area contributed by atoms with E-state index in [1.807, 2.05) is 6.08 Å². The summed E-state index contributed by atoms with van der Waals surface area (Å²) in [6.07, 6.45) is 1.81. The van der Waals surface area contributed by atoms with E-state index >= 15 is 0 Å². The molecule has 0 spiro atoms. The molecule has 0 rings (SSSR count). The highest BCUT2D eigenvalue weighted by Gasteiger charge is 2.33. The molecule has 0 bridgehead atoms. The molecule has 0 aliphatic carbocycles. The summed E-state index contributed by atoms with van der Waals surface area (Å²) in [4.78, 5) is 0. The molecule has 90 valence electrons. The zero-order valence-electron chi connectivity index (χ0n) is 11.3. The van der Waals surface area contributed by atoms with Gasteiger partial charge in [-0.25, -0.2) is 0 Å². The summed E-state index contributed by atoms with van der Waals surface area (Å²) in [5, 5.41) is 0. The second kappa shape index (κ2) is 5.98. The molecule has 0 aliphatic rings. The fourth-order valence-corrected chi connectivity index (χ4v) is 11.6. The Morgan fingerprint density at radius 3 is 1.87 bits per heavy atom. The molecule has 0 aliphatic heterocycles. The molecule has 0 N–H and O–H groups in total. The lowest BCUT2D eigenvalue weighted by Gasteiger charge is -2.43. The monoisotopic (exact) mass is 245 g/mol. The highest BCUT2D eigenvalue weighted by Crippen LogP contribution is 2.18. The molecule has 0 saturated carbocycles. The highest BCUT2D eigenvalue weighted by atomic mass is 28.4. The SMILES string of the molecule is C=CCOCCN([Si](C)(C)C)[Si](C)(C)C. The Balaban J connectivity index is 4.22. The minimum Gasteiger partial charge on any atom is -0.376 e. The second-order valence-corrected chi connectivity index (χ2v) is 16.1. The van der Waals surface area contributed by atoms with Crippen molar-refractivity contribution in [2.24, 2.45) is 0 Å². The lowest BCUT2D eigenvalue weighted by Crippen LogP contribution is -2.59. The van der Waals surface area contributed by atoms with E-state index in [-0.39, 0.29) is 0 Å². The van der Waals surface area contributed by atoms with Crippen LogP contribution in [0.4, 0.5) is 0 Å². The minimum atomic E-state index is -1.19. The zero-order chi connectivity index (χ0) is 12.1. The third kappa shape index (κ3) is 6.30. The summed E-state index contributed by atoms with van der Waals surface area (Å²) in [7, 11) is -2.39. The first-order chi connectivity index (χ1) is 6.69. The van der Waals surface area contributed by atoms with Gasteiger partial charge in [-0.05, 0) is 0 Å². The summed E-state index contributed by atoms with van der Waals surface area (Å²) in [6.45, 7) is 20.7. The van der Waals surface area contributed by atoms with Gasteiger partial charge in [0.2, 0.25) is 0 Å². The van der Waals surface area contributed by atoms with Crippen LogP contribution in [0.1, 0.15) is 0 Å². The van der Waals surface area contributed by atoms with E-state index in [1.165, 1.54) is 0 Å². The highest BCUT2D eigenvalue weighted by molar-refractivity contribution is 6.89. The number of nitrogens with zero attached hydrogens (tertiary/aromatic N) is 1. The molecular formula is C11H27NOSi2. The van der Waals surface area contributed by atoms with Crippen LogP contribution in [0, 0.1) is 0 Å². The van der Waals surface area contributed by atoms with Gasteiger partial charge in [0.1, 0.15) is 16.5 Å². The Kier molecular flexibility index (Phi) is 6.02. The number of hydrogen-bond donors (Lipinski definition) is 0. The number of hydrogen-bond acceptors (Lipinski definition) is 2. The van der Waals surface area contributed by atoms with Gasteiger partial charge in [-0.2, -0.15) is 0 Å². The van der Waals surface area contributed by atoms with Crippen molar-refractivity contribution >= 4 is 16.5 Å². The molecule has 0 aromatic rings. The van der Waals surface area contributed by atoms with Crippen molar-refractivity contribution in [3.8, 4) is 0 Å². The Morgan fingerprint density at radius 2 is 1.53 bits per heavy atom. The molecule has 0 heterocycles. The average molecular weight is 246 g/mol. The summed E-state index contributed by atoms with van der Waals surface area (Å²) >= 11 is 0. The van der Waals surface area contributed by atoms with Crippen molar-refractivity contribution < 1.29 is 4.74 Å². The molecule has 4 heteroatoms. The Labute approximate surface area is 97.5 Å². The minimum absolute atomic E-state index is 0.672. The lowest BCUT2D eigenvalue weighted by molar-refractivity contribution is 0.157. The molecule has 0 radical (unpaired) electrons.